The number of carbonyl (C=O) groups excluding carboxylic acids is 4. The summed E-state index contributed by atoms with van der Waals surface area (Å²) in [5.41, 5.74) is 2.33. The number of amides is 3. The molecule has 0 aromatic heterocycles. The predicted molar refractivity (Wildman–Crippen MR) is 136 cm³/mol. The van der Waals surface area contributed by atoms with E-state index < -0.39 is 17.8 Å². The van der Waals surface area contributed by atoms with Gasteiger partial charge in [0.05, 0.1) is 18.4 Å². The fourth-order valence-corrected chi connectivity index (χ4v) is 3.87. The van der Waals surface area contributed by atoms with Gasteiger partial charge in [-0.25, -0.2) is 9.69 Å². The molecule has 0 saturated carbocycles. The molecular formula is C27H22ClN3O5. The second-order valence-electron chi connectivity index (χ2n) is 7.87. The van der Waals surface area contributed by atoms with Crippen LogP contribution in [0.25, 0.3) is 0 Å². The summed E-state index contributed by atoms with van der Waals surface area (Å²) in [6.45, 7) is 0.466. The maximum absolute atomic E-state index is 13.0. The van der Waals surface area contributed by atoms with Crippen LogP contribution in [0.15, 0.2) is 89.6 Å². The third-order valence-electron chi connectivity index (χ3n) is 5.51. The zero-order valence-corrected chi connectivity index (χ0v) is 20.0. The molecule has 1 aliphatic rings. The highest BCUT2D eigenvalue weighted by molar-refractivity contribution is 6.53. The molecule has 0 unspecified atom stereocenters. The first-order chi connectivity index (χ1) is 17.4. The number of methoxy groups -OCH3 is 1. The molecule has 1 aliphatic heterocycles. The minimum atomic E-state index is -0.704. The maximum Gasteiger partial charge on any atom is 0.337 e. The van der Waals surface area contributed by atoms with Crippen LogP contribution in [0.4, 0.5) is 11.4 Å². The van der Waals surface area contributed by atoms with Gasteiger partial charge in [0, 0.05) is 17.8 Å². The number of nitrogens with zero attached hydrogens (tertiary/aromatic N) is 1. The Hall–Kier alpha value is -4.43. The highest BCUT2D eigenvalue weighted by Gasteiger charge is 2.39. The lowest BCUT2D eigenvalue weighted by atomic mass is 10.1. The molecule has 1 heterocycles. The van der Waals surface area contributed by atoms with Gasteiger partial charge in [0.1, 0.15) is 10.7 Å². The zero-order chi connectivity index (χ0) is 25.7. The number of benzene rings is 3. The molecular weight excluding hydrogens is 482 g/mol. The van der Waals surface area contributed by atoms with Crippen molar-refractivity contribution in [3.05, 3.63) is 106 Å². The largest absolute Gasteiger partial charge is 0.465 e. The predicted octanol–water partition coefficient (Wildman–Crippen LogP) is 3.88. The Balaban J connectivity index is 1.44. The number of hydrogen-bond acceptors (Lipinski definition) is 6. The van der Waals surface area contributed by atoms with Crippen LogP contribution in [0.2, 0.25) is 0 Å². The third kappa shape index (κ3) is 5.29. The number of esters is 1. The molecule has 0 bridgehead atoms. The molecule has 0 spiro atoms. The van der Waals surface area contributed by atoms with E-state index in [1.54, 1.807) is 24.3 Å². The second kappa shape index (κ2) is 10.9. The molecule has 8 nitrogen and oxygen atoms in total. The molecule has 3 amide bonds. The van der Waals surface area contributed by atoms with Crippen molar-refractivity contribution in [2.45, 2.75) is 6.42 Å². The standard InChI is InChI=1S/C27H22ClN3O5/c1-36-27(35)18-10-12-21(13-11-18)31-25(33)22(28)23(26(31)34)30-20-9-5-8-19(16-20)24(32)29-15-14-17-6-3-2-4-7-17/h2-13,16,30H,14-15H2,1H3,(H,29,32). The lowest BCUT2D eigenvalue weighted by molar-refractivity contribution is -0.120. The summed E-state index contributed by atoms with van der Waals surface area (Å²) in [6, 6.07) is 22.1. The average molecular weight is 504 g/mol. The number of nitrogens with one attached hydrogen (secondary N) is 2. The molecule has 36 heavy (non-hydrogen) atoms. The fourth-order valence-electron chi connectivity index (χ4n) is 3.66. The van der Waals surface area contributed by atoms with Crippen LogP contribution in [0.3, 0.4) is 0 Å². The summed E-state index contributed by atoms with van der Waals surface area (Å²) < 4.78 is 4.66. The first-order valence-corrected chi connectivity index (χ1v) is 11.4. The SMILES string of the molecule is COC(=O)c1ccc(N2C(=O)C(Cl)=C(Nc3cccc(C(=O)NCCc4ccccc4)c3)C2=O)cc1. The van der Waals surface area contributed by atoms with E-state index in [4.69, 9.17) is 11.6 Å². The van der Waals surface area contributed by atoms with Crippen LogP contribution >= 0.6 is 11.6 Å². The number of anilines is 2. The Morgan fingerprint density at radius 3 is 2.31 bits per heavy atom. The van der Waals surface area contributed by atoms with Crippen molar-refractivity contribution in [2.75, 3.05) is 23.9 Å². The van der Waals surface area contributed by atoms with Gasteiger partial charge >= 0.3 is 5.97 Å². The van der Waals surface area contributed by atoms with Crippen LogP contribution in [0.5, 0.6) is 0 Å². The van der Waals surface area contributed by atoms with E-state index in [1.807, 2.05) is 30.3 Å². The van der Waals surface area contributed by atoms with Crippen LogP contribution in [-0.2, 0) is 20.7 Å². The van der Waals surface area contributed by atoms with Crippen molar-refractivity contribution < 1.29 is 23.9 Å². The minimum Gasteiger partial charge on any atom is -0.465 e. The maximum atomic E-state index is 13.0. The number of rotatable bonds is 8. The van der Waals surface area contributed by atoms with Crippen molar-refractivity contribution in [2.24, 2.45) is 0 Å². The monoisotopic (exact) mass is 503 g/mol. The van der Waals surface area contributed by atoms with Crippen LogP contribution in [0, 0.1) is 0 Å². The molecule has 0 saturated heterocycles. The van der Waals surface area contributed by atoms with Crippen LogP contribution < -0.4 is 15.5 Å². The van der Waals surface area contributed by atoms with Gasteiger partial charge in [-0.1, -0.05) is 48.0 Å². The molecule has 0 fully saturated rings. The lowest BCUT2D eigenvalue weighted by Gasteiger charge is -2.15. The number of halogens is 1. The quantitative estimate of drug-likeness (QED) is 0.357. The van der Waals surface area contributed by atoms with E-state index in [0.717, 1.165) is 10.5 Å². The van der Waals surface area contributed by atoms with Crippen molar-refractivity contribution in [1.82, 2.24) is 5.32 Å². The van der Waals surface area contributed by atoms with Gasteiger partial charge in [0.2, 0.25) is 0 Å². The molecule has 3 aromatic rings. The number of hydrogen-bond donors (Lipinski definition) is 2. The van der Waals surface area contributed by atoms with E-state index in [-0.39, 0.29) is 27.9 Å². The summed E-state index contributed by atoms with van der Waals surface area (Å²) in [7, 11) is 1.26. The minimum absolute atomic E-state index is 0.111. The first kappa shape index (κ1) is 24.7. The Morgan fingerprint density at radius 1 is 0.889 bits per heavy atom. The highest BCUT2D eigenvalue weighted by Crippen LogP contribution is 2.30. The molecule has 182 valence electrons. The third-order valence-corrected chi connectivity index (χ3v) is 5.86. The van der Waals surface area contributed by atoms with Gasteiger partial charge in [0.15, 0.2) is 0 Å². The van der Waals surface area contributed by atoms with E-state index >= 15 is 0 Å². The van der Waals surface area contributed by atoms with Crippen LogP contribution in [-0.4, -0.2) is 37.3 Å². The molecule has 0 atom stereocenters. The van der Waals surface area contributed by atoms with Gasteiger partial charge < -0.3 is 15.4 Å². The van der Waals surface area contributed by atoms with E-state index in [0.29, 0.717) is 24.2 Å². The average Bonchev–Trinajstić information content (AvgIpc) is 3.12. The summed E-state index contributed by atoms with van der Waals surface area (Å²) >= 11 is 6.20. The van der Waals surface area contributed by atoms with Crippen LogP contribution in [0.1, 0.15) is 26.3 Å². The fraction of sp³-hybridized carbons (Fsp3) is 0.111. The van der Waals surface area contributed by atoms with Crippen molar-refractivity contribution in [3.8, 4) is 0 Å². The first-order valence-electron chi connectivity index (χ1n) is 11.0. The number of ether oxygens (including phenoxy) is 1. The van der Waals surface area contributed by atoms with Crippen molar-refractivity contribution >= 4 is 46.7 Å². The molecule has 3 aromatic carbocycles. The summed E-state index contributed by atoms with van der Waals surface area (Å²) in [4.78, 5) is 50.9. The number of carbonyl (C=O) groups is 4. The van der Waals surface area contributed by atoms with E-state index in [1.165, 1.54) is 31.4 Å². The summed E-state index contributed by atoms with van der Waals surface area (Å²) in [6.07, 6.45) is 0.695. The normalized spacial score (nSPS) is 13.1. The molecule has 4 rings (SSSR count). The van der Waals surface area contributed by atoms with Gasteiger partial charge in [-0.15, -0.1) is 0 Å². The second-order valence-corrected chi connectivity index (χ2v) is 8.25. The van der Waals surface area contributed by atoms with Crippen molar-refractivity contribution in [1.29, 1.82) is 0 Å². The topological polar surface area (TPSA) is 105 Å². The zero-order valence-electron chi connectivity index (χ0n) is 19.3. The number of imide groups is 1. The van der Waals surface area contributed by atoms with Gasteiger partial charge in [0.25, 0.3) is 17.7 Å². The molecule has 2 N–H and O–H groups in total. The Labute approximate surface area is 212 Å². The molecule has 9 heteroatoms. The van der Waals surface area contributed by atoms with E-state index in [2.05, 4.69) is 15.4 Å². The van der Waals surface area contributed by atoms with Gasteiger partial charge in [-0.05, 0) is 54.4 Å². The molecule has 0 aliphatic carbocycles. The summed E-state index contributed by atoms with van der Waals surface area (Å²) in [5.74, 6) is -2.17. The Bertz CT molecular complexity index is 1350. The highest BCUT2D eigenvalue weighted by atomic mass is 35.5. The summed E-state index contributed by atoms with van der Waals surface area (Å²) in [5, 5.41) is 5.46. The smallest absolute Gasteiger partial charge is 0.337 e. The molecule has 0 radical (unpaired) electrons. The van der Waals surface area contributed by atoms with E-state index in [9.17, 15) is 19.2 Å². The Kier molecular flexibility index (Phi) is 7.46. The van der Waals surface area contributed by atoms with Gasteiger partial charge in [-0.3, -0.25) is 14.4 Å². The van der Waals surface area contributed by atoms with Gasteiger partial charge in [-0.2, -0.15) is 0 Å². The van der Waals surface area contributed by atoms with Crippen molar-refractivity contribution in [3.63, 3.8) is 0 Å². The Morgan fingerprint density at radius 2 is 1.61 bits per heavy atom. The lowest BCUT2D eigenvalue weighted by Crippen LogP contribution is -2.32.